The van der Waals surface area contributed by atoms with Crippen LogP contribution in [0, 0.1) is 19.3 Å². The predicted octanol–water partition coefficient (Wildman–Crippen LogP) is 3.50. The summed E-state index contributed by atoms with van der Waals surface area (Å²) in [7, 11) is 1.60. The number of rotatable bonds is 4. The molecule has 0 aromatic heterocycles. The number of Topliss-reactive ketones (excluding diaryl/α,β-unsaturated/α-hetero) is 2. The number of benzene rings is 1. The molecule has 0 atom stereocenters. The maximum absolute atomic E-state index is 12.2. The van der Waals surface area contributed by atoms with Crippen LogP contribution in [0.1, 0.15) is 48.7 Å². The topological polar surface area (TPSA) is 43.4 Å². The summed E-state index contributed by atoms with van der Waals surface area (Å²) in [4.78, 5) is 24.1. The van der Waals surface area contributed by atoms with Crippen LogP contribution < -0.4 is 4.74 Å². The third-order valence-electron chi connectivity index (χ3n) is 3.20. The predicted molar refractivity (Wildman–Crippen MR) is 75.9 cm³/mol. The van der Waals surface area contributed by atoms with Gasteiger partial charge in [-0.2, -0.15) is 0 Å². The number of carbonyl (C=O) groups is 2. The summed E-state index contributed by atoms with van der Waals surface area (Å²) in [6, 6.07) is 3.64. The van der Waals surface area contributed by atoms with Crippen molar-refractivity contribution in [2.24, 2.45) is 5.41 Å². The lowest BCUT2D eigenvalue weighted by atomic mass is 9.86. The van der Waals surface area contributed by atoms with Gasteiger partial charge in [0.2, 0.25) is 0 Å². The average Bonchev–Trinajstić information content (AvgIpc) is 2.30. The van der Waals surface area contributed by atoms with Gasteiger partial charge in [-0.15, -0.1) is 0 Å². The van der Waals surface area contributed by atoms with Crippen molar-refractivity contribution in [3.63, 3.8) is 0 Å². The smallest absolute Gasteiger partial charge is 0.170 e. The van der Waals surface area contributed by atoms with E-state index in [1.807, 2.05) is 40.7 Å². The molecular weight excluding hydrogens is 240 g/mol. The highest BCUT2D eigenvalue weighted by molar-refractivity contribution is 6.10. The van der Waals surface area contributed by atoms with Gasteiger partial charge < -0.3 is 4.74 Å². The lowest BCUT2D eigenvalue weighted by Gasteiger charge is -2.16. The van der Waals surface area contributed by atoms with Gasteiger partial charge in [0.05, 0.1) is 13.5 Å². The fourth-order valence-electron chi connectivity index (χ4n) is 1.82. The molecule has 1 rings (SSSR count). The van der Waals surface area contributed by atoms with Gasteiger partial charge in [0.15, 0.2) is 5.78 Å². The van der Waals surface area contributed by atoms with Crippen molar-refractivity contribution >= 4 is 11.6 Å². The zero-order valence-corrected chi connectivity index (χ0v) is 12.6. The van der Waals surface area contributed by atoms with Crippen LogP contribution >= 0.6 is 0 Å². The molecule has 0 spiro atoms. The molecule has 3 nitrogen and oxygen atoms in total. The van der Waals surface area contributed by atoms with E-state index in [2.05, 4.69) is 0 Å². The maximum atomic E-state index is 12.2. The Morgan fingerprint density at radius 3 is 2.16 bits per heavy atom. The number of carbonyl (C=O) groups excluding carboxylic acids is 2. The monoisotopic (exact) mass is 262 g/mol. The molecule has 0 heterocycles. The summed E-state index contributed by atoms with van der Waals surface area (Å²) in [5.41, 5.74) is 1.87. The molecule has 0 bridgehead atoms. The molecule has 1 aromatic carbocycles. The van der Waals surface area contributed by atoms with E-state index in [-0.39, 0.29) is 18.0 Å². The van der Waals surface area contributed by atoms with Crippen LogP contribution in [0.4, 0.5) is 0 Å². The van der Waals surface area contributed by atoms with Gasteiger partial charge in [-0.25, -0.2) is 0 Å². The second kappa shape index (κ2) is 5.55. The van der Waals surface area contributed by atoms with Crippen LogP contribution in [0.2, 0.25) is 0 Å². The number of ketones is 2. The molecule has 0 saturated carbocycles. The molecule has 0 N–H and O–H groups in total. The molecule has 1 aromatic rings. The molecule has 0 saturated heterocycles. The van der Waals surface area contributed by atoms with Crippen LogP contribution in [0.5, 0.6) is 5.75 Å². The van der Waals surface area contributed by atoms with Crippen molar-refractivity contribution in [1.29, 1.82) is 0 Å². The maximum Gasteiger partial charge on any atom is 0.170 e. The van der Waals surface area contributed by atoms with Gasteiger partial charge in [-0.05, 0) is 37.1 Å². The van der Waals surface area contributed by atoms with Crippen LogP contribution in [0.3, 0.4) is 0 Å². The van der Waals surface area contributed by atoms with E-state index < -0.39 is 5.41 Å². The Morgan fingerprint density at radius 1 is 1.11 bits per heavy atom. The van der Waals surface area contributed by atoms with Crippen molar-refractivity contribution < 1.29 is 14.3 Å². The Kier molecular flexibility index (Phi) is 4.51. The first-order valence-electron chi connectivity index (χ1n) is 6.38. The van der Waals surface area contributed by atoms with Gasteiger partial charge in [0.1, 0.15) is 11.5 Å². The SMILES string of the molecule is COc1cc(C)c(C(=O)CC(=O)C(C)(C)C)cc1C. The van der Waals surface area contributed by atoms with Crippen molar-refractivity contribution in [1.82, 2.24) is 0 Å². The lowest BCUT2D eigenvalue weighted by Crippen LogP contribution is -2.23. The quantitative estimate of drug-likeness (QED) is 0.616. The first-order valence-corrected chi connectivity index (χ1v) is 6.38. The van der Waals surface area contributed by atoms with Crippen molar-refractivity contribution in [3.8, 4) is 5.75 Å². The highest BCUT2D eigenvalue weighted by Crippen LogP contribution is 2.25. The van der Waals surface area contributed by atoms with E-state index in [1.165, 1.54) is 0 Å². The number of hydrogen-bond acceptors (Lipinski definition) is 3. The zero-order chi connectivity index (χ0) is 14.8. The molecule has 3 heteroatoms. The highest BCUT2D eigenvalue weighted by Gasteiger charge is 2.25. The third kappa shape index (κ3) is 3.66. The van der Waals surface area contributed by atoms with Gasteiger partial charge in [-0.3, -0.25) is 9.59 Å². The molecule has 104 valence electrons. The minimum Gasteiger partial charge on any atom is -0.496 e. The van der Waals surface area contributed by atoms with Crippen LogP contribution in [0.15, 0.2) is 12.1 Å². The standard InChI is InChI=1S/C16H22O3/c1-10-8-14(19-6)11(2)7-12(10)13(17)9-15(18)16(3,4)5/h7-8H,9H2,1-6H3. The van der Waals surface area contributed by atoms with Gasteiger partial charge in [0, 0.05) is 11.0 Å². The van der Waals surface area contributed by atoms with Crippen LogP contribution in [-0.2, 0) is 4.79 Å². The fraction of sp³-hybridized carbons (Fsp3) is 0.500. The fourth-order valence-corrected chi connectivity index (χ4v) is 1.82. The Morgan fingerprint density at radius 2 is 1.68 bits per heavy atom. The minimum atomic E-state index is -0.481. The van der Waals surface area contributed by atoms with Crippen LogP contribution in [0.25, 0.3) is 0 Å². The van der Waals surface area contributed by atoms with E-state index >= 15 is 0 Å². The summed E-state index contributed by atoms with van der Waals surface area (Å²) in [6.07, 6.45) is -0.0455. The normalized spacial score (nSPS) is 11.3. The van der Waals surface area contributed by atoms with Gasteiger partial charge in [0.25, 0.3) is 0 Å². The minimum absolute atomic E-state index is 0.0367. The second-order valence-corrected chi connectivity index (χ2v) is 5.91. The molecule has 0 radical (unpaired) electrons. The number of hydrogen-bond donors (Lipinski definition) is 0. The third-order valence-corrected chi connectivity index (χ3v) is 3.20. The summed E-state index contributed by atoms with van der Waals surface area (Å²) in [5.74, 6) is 0.602. The van der Waals surface area contributed by atoms with Crippen molar-refractivity contribution in [2.45, 2.75) is 41.0 Å². The molecule has 0 aliphatic carbocycles. The number of ether oxygens (including phenoxy) is 1. The summed E-state index contributed by atoms with van der Waals surface area (Å²) < 4.78 is 5.22. The first kappa shape index (κ1) is 15.4. The Labute approximate surface area is 115 Å². The van der Waals surface area contributed by atoms with Gasteiger partial charge in [-0.1, -0.05) is 20.8 Å². The number of methoxy groups -OCH3 is 1. The molecule has 0 aliphatic heterocycles. The summed E-state index contributed by atoms with van der Waals surface area (Å²) in [5, 5.41) is 0. The Bertz CT molecular complexity index is 507. The summed E-state index contributed by atoms with van der Waals surface area (Å²) >= 11 is 0. The van der Waals surface area contributed by atoms with E-state index in [4.69, 9.17) is 4.74 Å². The molecule has 19 heavy (non-hydrogen) atoms. The zero-order valence-electron chi connectivity index (χ0n) is 12.6. The average molecular weight is 262 g/mol. The Balaban J connectivity index is 3.02. The van der Waals surface area contributed by atoms with Crippen LogP contribution in [-0.4, -0.2) is 18.7 Å². The molecular formula is C16H22O3. The van der Waals surface area contributed by atoms with E-state index in [0.717, 1.165) is 16.9 Å². The van der Waals surface area contributed by atoms with Gasteiger partial charge >= 0.3 is 0 Å². The Hall–Kier alpha value is -1.64. The van der Waals surface area contributed by atoms with Crippen molar-refractivity contribution in [2.75, 3.05) is 7.11 Å². The molecule has 0 aliphatic rings. The second-order valence-electron chi connectivity index (χ2n) is 5.91. The molecule has 0 fully saturated rings. The first-order chi connectivity index (χ1) is 8.66. The number of aryl methyl sites for hydroxylation is 2. The van der Waals surface area contributed by atoms with E-state index in [0.29, 0.717) is 5.56 Å². The van der Waals surface area contributed by atoms with E-state index in [9.17, 15) is 9.59 Å². The molecule has 0 unspecified atom stereocenters. The largest absolute Gasteiger partial charge is 0.496 e. The van der Waals surface area contributed by atoms with Crippen molar-refractivity contribution in [3.05, 3.63) is 28.8 Å². The highest BCUT2D eigenvalue weighted by atomic mass is 16.5. The summed E-state index contributed by atoms with van der Waals surface area (Å²) in [6.45, 7) is 9.23. The van der Waals surface area contributed by atoms with E-state index in [1.54, 1.807) is 13.2 Å². The molecule has 0 amide bonds. The lowest BCUT2D eigenvalue weighted by molar-refractivity contribution is -0.125.